The van der Waals surface area contributed by atoms with Crippen LogP contribution in [0.1, 0.15) is 142 Å². The maximum Gasteiger partial charge on any atom is 0.169 e. The third kappa shape index (κ3) is 13.0. The molecular formula is C38H52NO2+. The van der Waals surface area contributed by atoms with Crippen molar-refractivity contribution in [2.45, 2.75) is 122 Å². The lowest BCUT2D eigenvalue weighted by molar-refractivity contribution is -0.697. The lowest BCUT2D eigenvalue weighted by atomic mass is 9.86. The van der Waals surface area contributed by atoms with Gasteiger partial charge in [0.05, 0.1) is 0 Å². The molecule has 0 spiro atoms. The Labute approximate surface area is 249 Å². The fourth-order valence-electron chi connectivity index (χ4n) is 5.62. The summed E-state index contributed by atoms with van der Waals surface area (Å²) in [4.78, 5) is 26.1. The molecule has 3 rings (SSSR count). The van der Waals surface area contributed by atoms with Crippen LogP contribution in [-0.2, 0) is 6.54 Å². The number of hydrogen-bond donors (Lipinski definition) is 0. The molecule has 1 heterocycles. The minimum absolute atomic E-state index is 0.0793. The molecule has 1 aromatic heterocycles. The van der Waals surface area contributed by atoms with Crippen LogP contribution in [0.15, 0.2) is 85.2 Å². The fraction of sp³-hybridized carbons (Fsp3) is 0.500. The number of rotatable bonds is 22. The molecule has 3 heteroatoms. The Hall–Kier alpha value is -3.07. The molecule has 0 unspecified atom stereocenters. The zero-order valence-corrected chi connectivity index (χ0v) is 25.4. The molecular weight excluding hydrogens is 502 g/mol. The van der Waals surface area contributed by atoms with E-state index in [2.05, 4.69) is 36.0 Å². The van der Waals surface area contributed by atoms with Crippen LogP contribution in [0.2, 0.25) is 0 Å². The second-order valence-electron chi connectivity index (χ2n) is 11.6. The van der Waals surface area contributed by atoms with E-state index >= 15 is 0 Å². The van der Waals surface area contributed by atoms with Gasteiger partial charge in [0.2, 0.25) is 0 Å². The Morgan fingerprint density at radius 3 is 1.34 bits per heavy atom. The first-order chi connectivity index (χ1) is 20.2. The first-order valence-corrected chi connectivity index (χ1v) is 16.3. The van der Waals surface area contributed by atoms with Gasteiger partial charge in [-0.1, -0.05) is 145 Å². The Morgan fingerprint density at radius 2 is 0.927 bits per heavy atom. The molecule has 0 aliphatic carbocycles. The second-order valence-corrected chi connectivity index (χ2v) is 11.6. The number of aryl methyl sites for hydroxylation is 1. The number of hydrogen-bond acceptors (Lipinski definition) is 2. The summed E-state index contributed by atoms with van der Waals surface area (Å²) in [7, 11) is 0. The smallest absolute Gasteiger partial charge is 0.169 e. The van der Waals surface area contributed by atoms with Gasteiger partial charge in [-0.2, -0.15) is 0 Å². The van der Waals surface area contributed by atoms with Crippen molar-refractivity contribution in [3.8, 4) is 0 Å². The molecule has 3 aromatic rings. The lowest BCUT2D eigenvalue weighted by Crippen LogP contribution is -2.32. The SMILES string of the molecule is CCCCCCCCCCCCCCCC[n+]1ccc(C(CC(=O)c2ccccc2)CC(=O)c2ccccc2)cc1. The number of ketones is 2. The van der Waals surface area contributed by atoms with E-state index in [1.165, 1.54) is 89.9 Å². The average Bonchev–Trinajstić information content (AvgIpc) is 3.02. The van der Waals surface area contributed by atoms with Gasteiger partial charge < -0.3 is 0 Å². The van der Waals surface area contributed by atoms with Crippen molar-refractivity contribution in [2.75, 3.05) is 0 Å². The van der Waals surface area contributed by atoms with Gasteiger partial charge in [0, 0.05) is 42.5 Å². The van der Waals surface area contributed by atoms with Gasteiger partial charge in [-0.25, -0.2) is 4.57 Å². The van der Waals surface area contributed by atoms with Crippen LogP contribution in [0, 0.1) is 0 Å². The summed E-state index contributed by atoms with van der Waals surface area (Å²) in [6, 6.07) is 23.0. The van der Waals surface area contributed by atoms with E-state index in [1.54, 1.807) is 0 Å². The maximum atomic E-state index is 13.1. The van der Waals surface area contributed by atoms with Crippen molar-refractivity contribution in [1.29, 1.82) is 0 Å². The van der Waals surface area contributed by atoms with Gasteiger partial charge in [-0.15, -0.1) is 0 Å². The summed E-state index contributed by atoms with van der Waals surface area (Å²) < 4.78 is 2.24. The van der Waals surface area contributed by atoms with E-state index in [0.29, 0.717) is 24.0 Å². The normalized spacial score (nSPS) is 11.2. The number of aromatic nitrogens is 1. The number of benzene rings is 2. The average molecular weight is 555 g/mol. The Morgan fingerprint density at radius 1 is 0.537 bits per heavy atom. The van der Waals surface area contributed by atoms with E-state index < -0.39 is 0 Å². The molecule has 0 saturated carbocycles. The number of unbranched alkanes of at least 4 members (excludes halogenated alkanes) is 13. The van der Waals surface area contributed by atoms with E-state index in [-0.39, 0.29) is 17.5 Å². The molecule has 0 aliphatic rings. The van der Waals surface area contributed by atoms with Crippen molar-refractivity contribution in [2.24, 2.45) is 0 Å². The van der Waals surface area contributed by atoms with E-state index in [4.69, 9.17) is 0 Å². The van der Waals surface area contributed by atoms with E-state index in [1.807, 2.05) is 60.7 Å². The standard InChI is InChI=1S/C38H52NO2/c1-2-3-4-5-6-7-8-9-10-11-12-13-14-21-28-39-29-26-33(27-30-39)36(31-37(40)34-22-17-15-18-23-34)32-38(41)35-24-19-16-20-25-35/h15-20,22-27,29-30,36H,2-14,21,28,31-32H2,1H3/q+1. The topological polar surface area (TPSA) is 38.0 Å². The molecule has 0 radical (unpaired) electrons. The van der Waals surface area contributed by atoms with Crippen molar-refractivity contribution in [1.82, 2.24) is 0 Å². The van der Waals surface area contributed by atoms with E-state index in [9.17, 15) is 9.59 Å². The fourth-order valence-corrected chi connectivity index (χ4v) is 5.62. The van der Waals surface area contributed by atoms with Crippen LogP contribution >= 0.6 is 0 Å². The largest absolute Gasteiger partial charge is 0.294 e. The Balaban J connectivity index is 1.39. The first-order valence-electron chi connectivity index (χ1n) is 16.3. The van der Waals surface area contributed by atoms with Gasteiger partial charge in [-0.05, 0) is 17.9 Å². The quantitative estimate of drug-likeness (QED) is 0.0704. The number of nitrogens with zero attached hydrogens (tertiary/aromatic N) is 1. The first kappa shape index (κ1) is 32.4. The highest BCUT2D eigenvalue weighted by atomic mass is 16.1. The summed E-state index contributed by atoms with van der Waals surface area (Å²) >= 11 is 0. The van der Waals surface area contributed by atoms with Gasteiger partial charge in [0.1, 0.15) is 6.54 Å². The molecule has 41 heavy (non-hydrogen) atoms. The predicted molar refractivity (Wildman–Crippen MR) is 170 cm³/mol. The lowest BCUT2D eigenvalue weighted by Gasteiger charge is -2.16. The third-order valence-electron chi connectivity index (χ3n) is 8.21. The van der Waals surface area contributed by atoms with Crippen LogP contribution in [0.3, 0.4) is 0 Å². The van der Waals surface area contributed by atoms with Crippen molar-refractivity contribution in [3.05, 3.63) is 102 Å². The van der Waals surface area contributed by atoms with Crippen LogP contribution in [-0.4, -0.2) is 11.6 Å². The Kier molecular flexibility index (Phi) is 15.8. The van der Waals surface area contributed by atoms with Gasteiger partial charge in [0.15, 0.2) is 24.0 Å². The number of carbonyl (C=O) groups excluding carboxylic acids is 2. The highest BCUT2D eigenvalue weighted by Crippen LogP contribution is 2.27. The summed E-state index contributed by atoms with van der Waals surface area (Å²) in [5, 5.41) is 0. The second kappa shape index (κ2) is 19.9. The molecule has 0 atom stereocenters. The highest BCUT2D eigenvalue weighted by molar-refractivity contribution is 5.99. The predicted octanol–water partition coefficient (Wildman–Crippen LogP) is 10.1. The summed E-state index contributed by atoms with van der Waals surface area (Å²) in [5.74, 6) is 0.0114. The van der Waals surface area contributed by atoms with Gasteiger partial charge in [0.25, 0.3) is 0 Å². The minimum Gasteiger partial charge on any atom is -0.294 e. The van der Waals surface area contributed by atoms with Crippen LogP contribution in [0.25, 0.3) is 0 Å². The zero-order chi connectivity index (χ0) is 29.0. The van der Waals surface area contributed by atoms with Crippen molar-refractivity contribution >= 4 is 11.6 Å². The Bertz CT molecular complexity index is 1050. The summed E-state index contributed by atoms with van der Waals surface area (Å²) in [6.45, 7) is 3.29. The van der Waals surface area contributed by atoms with Crippen LogP contribution < -0.4 is 4.57 Å². The molecule has 0 amide bonds. The highest BCUT2D eigenvalue weighted by Gasteiger charge is 2.22. The monoisotopic (exact) mass is 554 g/mol. The van der Waals surface area contributed by atoms with Crippen LogP contribution in [0.4, 0.5) is 0 Å². The van der Waals surface area contributed by atoms with Crippen LogP contribution in [0.5, 0.6) is 0 Å². The van der Waals surface area contributed by atoms with Gasteiger partial charge >= 0.3 is 0 Å². The molecule has 0 bridgehead atoms. The van der Waals surface area contributed by atoms with Crippen molar-refractivity contribution < 1.29 is 14.2 Å². The van der Waals surface area contributed by atoms with Gasteiger partial charge in [-0.3, -0.25) is 9.59 Å². The molecule has 0 fully saturated rings. The molecule has 0 aliphatic heterocycles. The maximum absolute atomic E-state index is 13.1. The molecule has 220 valence electrons. The molecule has 3 nitrogen and oxygen atoms in total. The molecule has 0 saturated heterocycles. The number of pyridine rings is 1. The molecule has 0 N–H and O–H groups in total. The third-order valence-corrected chi connectivity index (χ3v) is 8.21. The zero-order valence-electron chi connectivity index (χ0n) is 25.4. The van der Waals surface area contributed by atoms with Crippen molar-refractivity contribution in [3.63, 3.8) is 0 Å². The van der Waals surface area contributed by atoms with E-state index in [0.717, 1.165) is 12.1 Å². The minimum atomic E-state index is -0.147. The summed E-state index contributed by atoms with van der Waals surface area (Å²) in [6.07, 6.45) is 24.0. The number of Topliss-reactive ketones (excluding diaryl/α,β-unsaturated/α-hetero) is 2. The number of carbonyl (C=O) groups is 2. The molecule has 2 aromatic carbocycles. The summed E-state index contributed by atoms with van der Waals surface area (Å²) in [5.41, 5.74) is 2.46.